The Bertz CT molecular complexity index is 1110. The van der Waals surface area contributed by atoms with E-state index in [1.54, 1.807) is 24.0 Å². The van der Waals surface area contributed by atoms with Crippen LogP contribution in [0.5, 0.6) is 0 Å². The van der Waals surface area contributed by atoms with E-state index < -0.39 is 0 Å². The van der Waals surface area contributed by atoms with E-state index in [9.17, 15) is 9.59 Å². The van der Waals surface area contributed by atoms with Crippen molar-refractivity contribution in [1.82, 2.24) is 5.32 Å². The molecule has 2 aromatic rings. The minimum atomic E-state index is -0.332. The first-order chi connectivity index (χ1) is 16.6. The Kier molecular flexibility index (Phi) is 10.2. The molecule has 8 nitrogen and oxygen atoms in total. The molecule has 0 heterocycles. The Morgan fingerprint density at radius 2 is 1.83 bits per heavy atom. The number of nitrogens with zero attached hydrogens (tertiary/aromatic N) is 1. The molecule has 2 aromatic carbocycles. The topological polar surface area (TPSA) is 121 Å². The van der Waals surface area contributed by atoms with Crippen molar-refractivity contribution in [2.45, 2.75) is 47.1 Å². The van der Waals surface area contributed by atoms with E-state index in [0.717, 1.165) is 28.1 Å². The van der Waals surface area contributed by atoms with E-state index in [1.807, 2.05) is 52.0 Å². The van der Waals surface area contributed by atoms with Crippen LogP contribution >= 0.6 is 0 Å². The monoisotopic (exact) mass is 477 g/mol. The number of urea groups is 1. The highest BCUT2D eigenvalue weighted by Gasteiger charge is 2.21. The first kappa shape index (κ1) is 27.3. The van der Waals surface area contributed by atoms with Crippen LogP contribution < -0.4 is 21.3 Å². The lowest BCUT2D eigenvalue weighted by atomic mass is 10.0. The first-order valence-corrected chi connectivity index (χ1v) is 11.6. The molecule has 0 fully saturated rings. The molecule has 0 aliphatic carbocycles. The normalized spacial score (nSPS) is 10.2. The van der Waals surface area contributed by atoms with Crippen LogP contribution in [-0.4, -0.2) is 43.6 Å². The third-order valence-electron chi connectivity index (χ3n) is 5.25. The third-order valence-corrected chi connectivity index (χ3v) is 5.25. The second-order valence-electron chi connectivity index (χ2n) is 8.35. The zero-order valence-corrected chi connectivity index (χ0v) is 21.1. The molecular weight excluding hydrogens is 442 g/mol. The van der Waals surface area contributed by atoms with Gasteiger partial charge in [0.25, 0.3) is 0 Å². The molecule has 0 saturated heterocycles. The highest BCUT2D eigenvalue weighted by Crippen LogP contribution is 2.26. The largest absolute Gasteiger partial charge is 0.466 e. The van der Waals surface area contributed by atoms with E-state index in [2.05, 4.69) is 22.5 Å². The average Bonchev–Trinajstić information content (AvgIpc) is 2.80. The van der Waals surface area contributed by atoms with Crippen LogP contribution in [0.2, 0.25) is 0 Å². The molecule has 0 atom stereocenters. The summed E-state index contributed by atoms with van der Waals surface area (Å²) in [4.78, 5) is 26.1. The molecule has 2 amide bonds. The maximum absolute atomic E-state index is 12.9. The lowest BCUT2D eigenvalue weighted by Gasteiger charge is -2.29. The molecule has 0 bridgehead atoms. The minimum Gasteiger partial charge on any atom is -0.466 e. The second kappa shape index (κ2) is 13.0. The molecule has 0 aromatic heterocycles. The molecule has 5 N–H and O–H groups in total. The first-order valence-electron chi connectivity index (χ1n) is 11.6. The third kappa shape index (κ3) is 8.07. The summed E-state index contributed by atoms with van der Waals surface area (Å²) in [5.41, 5.74) is 10.7. The van der Waals surface area contributed by atoms with Gasteiger partial charge in [-0.3, -0.25) is 15.1 Å². The van der Waals surface area contributed by atoms with Gasteiger partial charge in [0.2, 0.25) is 0 Å². The van der Waals surface area contributed by atoms with Crippen molar-refractivity contribution < 1.29 is 14.3 Å². The summed E-state index contributed by atoms with van der Waals surface area (Å²) in [6, 6.07) is 10.9. The number of benzene rings is 2. The van der Waals surface area contributed by atoms with Crippen LogP contribution in [0, 0.1) is 31.1 Å². The Morgan fingerprint density at radius 1 is 1.14 bits per heavy atom. The number of aryl methyl sites for hydroxylation is 2. The Labute approximate surface area is 207 Å². The number of nitrogen functional groups attached to an aromatic ring is 1. The number of carbonyl (C=O) groups excluding carboxylic acids is 2. The number of hydrogen-bond acceptors (Lipinski definition) is 5. The summed E-state index contributed by atoms with van der Waals surface area (Å²) in [7, 11) is 0. The fraction of sp³-hybridized carbons (Fsp3) is 0.370. The van der Waals surface area contributed by atoms with Crippen molar-refractivity contribution in [1.29, 1.82) is 5.41 Å². The number of esters is 1. The van der Waals surface area contributed by atoms with Gasteiger partial charge in [-0.05, 0) is 82.1 Å². The Balaban J connectivity index is 2.07. The fourth-order valence-corrected chi connectivity index (χ4v) is 3.46. The minimum absolute atomic E-state index is 0.0378. The Morgan fingerprint density at radius 3 is 2.43 bits per heavy atom. The summed E-state index contributed by atoms with van der Waals surface area (Å²) in [6.07, 6.45) is 0.132. The van der Waals surface area contributed by atoms with Crippen molar-refractivity contribution in [3.8, 4) is 11.8 Å². The Hall–Kier alpha value is -3.99. The molecule has 0 aliphatic rings. The maximum atomic E-state index is 12.9. The summed E-state index contributed by atoms with van der Waals surface area (Å²) >= 11 is 0. The number of amidine groups is 1. The fourth-order valence-electron chi connectivity index (χ4n) is 3.46. The molecule has 35 heavy (non-hydrogen) atoms. The number of ether oxygens (including phenoxy) is 1. The smallest absolute Gasteiger partial charge is 0.322 e. The number of hydrogen-bond donors (Lipinski definition) is 4. The maximum Gasteiger partial charge on any atom is 0.322 e. The van der Waals surface area contributed by atoms with Crippen molar-refractivity contribution in [2.75, 3.05) is 29.9 Å². The summed E-state index contributed by atoms with van der Waals surface area (Å²) in [5, 5.41) is 13.5. The van der Waals surface area contributed by atoms with E-state index in [-0.39, 0.29) is 36.8 Å². The zero-order valence-electron chi connectivity index (χ0n) is 21.1. The molecule has 186 valence electrons. The van der Waals surface area contributed by atoms with Crippen molar-refractivity contribution in [2.24, 2.45) is 5.73 Å². The second-order valence-corrected chi connectivity index (χ2v) is 8.35. The van der Waals surface area contributed by atoms with Gasteiger partial charge in [-0.15, -0.1) is 0 Å². The van der Waals surface area contributed by atoms with Crippen molar-refractivity contribution in [3.63, 3.8) is 0 Å². The lowest BCUT2D eigenvalue weighted by molar-refractivity contribution is -0.142. The molecule has 8 heteroatoms. The van der Waals surface area contributed by atoms with Crippen LogP contribution in [0.1, 0.15) is 49.4 Å². The van der Waals surface area contributed by atoms with Gasteiger partial charge >= 0.3 is 12.0 Å². The summed E-state index contributed by atoms with van der Waals surface area (Å²) in [6.45, 7) is 10.6. The van der Waals surface area contributed by atoms with Gasteiger partial charge in [0, 0.05) is 35.1 Å². The van der Waals surface area contributed by atoms with Gasteiger partial charge in [-0.25, -0.2) is 4.79 Å². The van der Waals surface area contributed by atoms with Gasteiger partial charge in [0.05, 0.1) is 19.6 Å². The number of anilines is 2. The highest BCUT2D eigenvalue weighted by atomic mass is 16.5. The molecule has 0 unspecified atom stereocenters. The molecule has 0 spiro atoms. The average molecular weight is 478 g/mol. The van der Waals surface area contributed by atoms with Crippen LogP contribution in [0.15, 0.2) is 36.4 Å². The molecular formula is C27H35N5O3. The number of nitrogens with two attached hydrogens (primary N) is 1. The quantitative estimate of drug-likeness (QED) is 0.189. The van der Waals surface area contributed by atoms with Gasteiger partial charge in [0.15, 0.2) is 0 Å². The van der Waals surface area contributed by atoms with E-state index >= 15 is 0 Å². The van der Waals surface area contributed by atoms with E-state index in [0.29, 0.717) is 18.7 Å². The van der Waals surface area contributed by atoms with Crippen LogP contribution in [0.3, 0.4) is 0 Å². The predicted octanol–water partition coefficient (Wildman–Crippen LogP) is 3.93. The van der Waals surface area contributed by atoms with E-state index in [1.165, 1.54) is 0 Å². The van der Waals surface area contributed by atoms with Crippen LogP contribution in [0.25, 0.3) is 0 Å². The lowest BCUT2D eigenvalue weighted by Crippen LogP contribution is -2.45. The van der Waals surface area contributed by atoms with Crippen molar-refractivity contribution >= 4 is 29.2 Å². The number of amides is 2. The van der Waals surface area contributed by atoms with Gasteiger partial charge in [-0.1, -0.05) is 11.8 Å². The van der Waals surface area contributed by atoms with E-state index in [4.69, 9.17) is 15.9 Å². The molecule has 0 radical (unpaired) electrons. The van der Waals surface area contributed by atoms with Crippen LogP contribution in [-0.2, 0) is 9.53 Å². The van der Waals surface area contributed by atoms with Crippen molar-refractivity contribution in [3.05, 3.63) is 58.7 Å². The van der Waals surface area contributed by atoms with Gasteiger partial charge in [0.1, 0.15) is 5.84 Å². The molecule has 0 aliphatic heterocycles. The number of carbonyl (C=O) groups is 2. The summed E-state index contributed by atoms with van der Waals surface area (Å²) < 4.78 is 4.91. The SMILES string of the molecule is CCOC(=O)CCNC(=O)N(c1cc(C)c(C#CCNc2ccc(C(=N)N)cc2)cc1C)C(C)C. The highest BCUT2D eigenvalue weighted by molar-refractivity contribution is 5.95. The van der Waals surface area contributed by atoms with Crippen LogP contribution in [0.4, 0.5) is 16.2 Å². The standard InChI is InChI=1S/C27H35N5O3/c1-6-35-25(33)13-15-31-27(34)32(18(2)3)24-17-19(4)22(16-20(24)5)8-7-14-30-23-11-9-21(10-12-23)26(28)29/h9-12,16-18,30H,6,13-15H2,1-5H3,(H3,28,29)(H,31,34). The number of rotatable bonds is 9. The van der Waals surface area contributed by atoms with Gasteiger partial charge < -0.3 is 21.1 Å². The summed E-state index contributed by atoms with van der Waals surface area (Å²) in [5.74, 6) is 6.04. The van der Waals surface area contributed by atoms with Gasteiger partial charge in [-0.2, -0.15) is 0 Å². The predicted molar refractivity (Wildman–Crippen MR) is 141 cm³/mol. The zero-order chi connectivity index (χ0) is 26.0. The molecule has 0 saturated carbocycles. The number of nitrogens with one attached hydrogen (secondary N) is 3. The molecule has 2 rings (SSSR count).